The van der Waals surface area contributed by atoms with Crippen LogP contribution in [0.5, 0.6) is 0 Å². The number of alkyl halides is 3. The predicted molar refractivity (Wildman–Crippen MR) is 78.2 cm³/mol. The highest BCUT2D eigenvalue weighted by atomic mass is 19.4. The molecular formula is C16H17F3N2O3. The van der Waals surface area contributed by atoms with Crippen molar-refractivity contribution in [2.45, 2.75) is 24.6 Å². The van der Waals surface area contributed by atoms with Crippen LogP contribution in [0, 0.1) is 0 Å². The number of halogens is 3. The Kier molecular flexibility index (Phi) is 3.93. The molecule has 2 amide bonds. The summed E-state index contributed by atoms with van der Waals surface area (Å²) in [5, 5.41) is 0. The number of likely N-dealkylation sites (tertiary alicyclic amines) is 1. The van der Waals surface area contributed by atoms with E-state index in [4.69, 9.17) is 4.74 Å². The Morgan fingerprint density at radius 2 is 2.00 bits per heavy atom. The van der Waals surface area contributed by atoms with Crippen LogP contribution in [0.2, 0.25) is 0 Å². The van der Waals surface area contributed by atoms with Gasteiger partial charge in [-0.3, -0.25) is 4.79 Å². The summed E-state index contributed by atoms with van der Waals surface area (Å²) in [6.45, 7) is 0.971. The van der Waals surface area contributed by atoms with Crippen molar-refractivity contribution in [1.29, 1.82) is 0 Å². The van der Waals surface area contributed by atoms with Gasteiger partial charge >= 0.3 is 12.3 Å². The van der Waals surface area contributed by atoms with Gasteiger partial charge in [-0.1, -0.05) is 18.2 Å². The van der Waals surface area contributed by atoms with Gasteiger partial charge in [0.15, 0.2) is 5.60 Å². The van der Waals surface area contributed by atoms with Crippen LogP contribution < -0.4 is 0 Å². The number of carbonyl (C=O) groups excluding carboxylic acids is 2. The van der Waals surface area contributed by atoms with Crippen LogP contribution in [0.25, 0.3) is 0 Å². The zero-order chi connectivity index (χ0) is 17.5. The number of rotatable bonds is 2. The largest absolute Gasteiger partial charge is 0.439 e. The molecule has 2 aliphatic heterocycles. The van der Waals surface area contributed by atoms with Gasteiger partial charge in [0.1, 0.15) is 0 Å². The van der Waals surface area contributed by atoms with Crippen molar-refractivity contribution in [1.82, 2.24) is 9.80 Å². The van der Waals surface area contributed by atoms with Gasteiger partial charge in [0, 0.05) is 20.0 Å². The molecule has 1 spiro atoms. The van der Waals surface area contributed by atoms with E-state index in [1.54, 1.807) is 7.05 Å². The molecule has 24 heavy (non-hydrogen) atoms. The third kappa shape index (κ3) is 3.05. The summed E-state index contributed by atoms with van der Waals surface area (Å²) in [5.74, 6) is -0.394. The minimum atomic E-state index is -4.49. The number of ether oxygens (including phenoxy) is 1. The van der Waals surface area contributed by atoms with E-state index in [1.165, 1.54) is 28.0 Å². The van der Waals surface area contributed by atoms with Crippen molar-refractivity contribution in [2.24, 2.45) is 0 Å². The summed E-state index contributed by atoms with van der Waals surface area (Å²) >= 11 is 0. The molecule has 0 aliphatic carbocycles. The van der Waals surface area contributed by atoms with Crippen LogP contribution in [-0.4, -0.2) is 54.1 Å². The van der Waals surface area contributed by atoms with Crippen LogP contribution in [-0.2, 0) is 22.1 Å². The maximum Gasteiger partial charge on any atom is 0.416 e. The lowest BCUT2D eigenvalue weighted by Crippen LogP contribution is -2.39. The van der Waals surface area contributed by atoms with Gasteiger partial charge in [0.2, 0.25) is 5.91 Å². The first-order valence-electron chi connectivity index (χ1n) is 7.57. The predicted octanol–water partition coefficient (Wildman–Crippen LogP) is 2.30. The van der Waals surface area contributed by atoms with E-state index in [0.717, 1.165) is 6.07 Å². The first-order valence-corrected chi connectivity index (χ1v) is 7.57. The Morgan fingerprint density at radius 1 is 1.29 bits per heavy atom. The summed E-state index contributed by atoms with van der Waals surface area (Å²) in [7, 11) is 1.61. The van der Waals surface area contributed by atoms with Gasteiger partial charge < -0.3 is 14.5 Å². The molecule has 0 bridgehead atoms. The standard InChI is InChI=1S/C16H17F3N2O3/c1-20-9-15(24-14(20)23)6-7-21(10-15)13(22)8-11-4-2-3-5-12(11)16(17,18)19/h2-5H,6-10H2,1H3/t15-/m1/s1. The van der Waals surface area contributed by atoms with Gasteiger partial charge in [-0.05, 0) is 11.6 Å². The molecule has 0 saturated carbocycles. The number of likely N-dealkylation sites (N-methyl/N-ethyl adjacent to an activating group) is 1. The Bertz CT molecular complexity index is 677. The molecule has 2 fully saturated rings. The van der Waals surface area contributed by atoms with Gasteiger partial charge in [0.25, 0.3) is 0 Å². The van der Waals surface area contributed by atoms with Crippen LogP contribution in [0.3, 0.4) is 0 Å². The first kappa shape index (κ1) is 16.6. The number of hydrogen-bond donors (Lipinski definition) is 0. The van der Waals surface area contributed by atoms with E-state index in [9.17, 15) is 22.8 Å². The third-order valence-electron chi connectivity index (χ3n) is 4.47. The Balaban J connectivity index is 1.70. The molecule has 3 rings (SSSR count). The molecule has 2 saturated heterocycles. The van der Waals surface area contributed by atoms with Crippen molar-refractivity contribution in [3.63, 3.8) is 0 Å². The monoisotopic (exact) mass is 342 g/mol. The molecule has 0 N–H and O–H groups in total. The molecule has 0 radical (unpaired) electrons. The van der Waals surface area contributed by atoms with Crippen molar-refractivity contribution < 1.29 is 27.5 Å². The highest BCUT2D eigenvalue weighted by Gasteiger charge is 2.49. The van der Waals surface area contributed by atoms with Gasteiger partial charge in [0.05, 0.1) is 25.1 Å². The highest BCUT2D eigenvalue weighted by molar-refractivity contribution is 5.80. The lowest BCUT2D eigenvalue weighted by molar-refractivity contribution is -0.138. The number of amides is 2. The summed E-state index contributed by atoms with van der Waals surface area (Å²) in [4.78, 5) is 26.8. The van der Waals surface area contributed by atoms with E-state index in [1.807, 2.05) is 0 Å². The second-order valence-electron chi connectivity index (χ2n) is 6.30. The number of hydrogen-bond acceptors (Lipinski definition) is 3. The van der Waals surface area contributed by atoms with Gasteiger partial charge in [-0.2, -0.15) is 13.2 Å². The second-order valence-corrected chi connectivity index (χ2v) is 6.30. The summed E-state index contributed by atoms with van der Waals surface area (Å²) in [6.07, 6.45) is -4.76. The lowest BCUT2D eigenvalue weighted by atomic mass is 10.0. The summed E-state index contributed by atoms with van der Waals surface area (Å²) in [5.41, 5.74) is -1.57. The first-order chi connectivity index (χ1) is 11.2. The maximum absolute atomic E-state index is 13.0. The molecule has 8 heteroatoms. The minimum absolute atomic E-state index is 0.0449. The fraction of sp³-hybridized carbons (Fsp3) is 0.500. The Labute approximate surface area is 137 Å². The highest BCUT2D eigenvalue weighted by Crippen LogP contribution is 2.34. The van der Waals surface area contributed by atoms with Crippen LogP contribution in [0.1, 0.15) is 17.5 Å². The van der Waals surface area contributed by atoms with Crippen molar-refractivity contribution >= 4 is 12.0 Å². The summed E-state index contributed by atoms with van der Waals surface area (Å²) in [6, 6.07) is 5.07. The molecule has 130 valence electrons. The number of carbonyl (C=O) groups is 2. The average Bonchev–Trinajstić information content (AvgIpc) is 3.02. The maximum atomic E-state index is 13.0. The average molecular weight is 342 g/mol. The van der Waals surface area contributed by atoms with E-state index in [0.29, 0.717) is 19.5 Å². The van der Waals surface area contributed by atoms with Crippen molar-refractivity contribution in [3.05, 3.63) is 35.4 Å². The van der Waals surface area contributed by atoms with Crippen molar-refractivity contribution in [3.8, 4) is 0 Å². The molecule has 5 nitrogen and oxygen atoms in total. The normalized spacial score (nSPS) is 23.9. The molecule has 1 atom stereocenters. The zero-order valence-corrected chi connectivity index (χ0v) is 13.1. The molecular weight excluding hydrogens is 325 g/mol. The molecule has 1 aromatic carbocycles. The van der Waals surface area contributed by atoms with Crippen LogP contribution in [0.15, 0.2) is 24.3 Å². The lowest BCUT2D eigenvalue weighted by Gasteiger charge is -2.22. The van der Waals surface area contributed by atoms with E-state index in [2.05, 4.69) is 0 Å². The quantitative estimate of drug-likeness (QED) is 0.829. The fourth-order valence-electron chi connectivity index (χ4n) is 3.29. The smallest absolute Gasteiger partial charge is 0.416 e. The SMILES string of the molecule is CN1C[C@@]2(CCN(C(=O)Cc3ccccc3C(F)(F)F)C2)OC1=O. The minimum Gasteiger partial charge on any atom is -0.439 e. The van der Waals surface area contributed by atoms with Crippen LogP contribution >= 0.6 is 0 Å². The fourth-order valence-corrected chi connectivity index (χ4v) is 3.29. The van der Waals surface area contributed by atoms with E-state index < -0.39 is 29.3 Å². The third-order valence-corrected chi connectivity index (χ3v) is 4.47. The molecule has 1 aromatic rings. The molecule has 2 heterocycles. The number of nitrogens with zero attached hydrogens (tertiary/aromatic N) is 2. The molecule has 2 aliphatic rings. The van der Waals surface area contributed by atoms with Crippen molar-refractivity contribution in [2.75, 3.05) is 26.7 Å². The zero-order valence-electron chi connectivity index (χ0n) is 13.1. The Hall–Kier alpha value is -2.25. The molecule has 0 unspecified atom stereocenters. The van der Waals surface area contributed by atoms with Crippen LogP contribution in [0.4, 0.5) is 18.0 Å². The second kappa shape index (κ2) is 5.68. The Morgan fingerprint density at radius 3 is 2.62 bits per heavy atom. The topological polar surface area (TPSA) is 49.9 Å². The van der Waals surface area contributed by atoms with Gasteiger partial charge in [-0.25, -0.2) is 4.79 Å². The van der Waals surface area contributed by atoms with E-state index >= 15 is 0 Å². The van der Waals surface area contributed by atoms with E-state index in [-0.39, 0.29) is 18.5 Å². The number of benzene rings is 1. The van der Waals surface area contributed by atoms with Gasteiger partial charge in [-0.15, -0.1) is 0 Å². The summed E-state index contributed by atoms with van der Waals surface area (Å²) < 4.78 is 44.4. The molecule has 0 aromatic heterocycles.